The zero-order chi connectivity index (χ0) is 20.5. The molecule has 1 aromatic carbocycles. The first-order valence-corrected chi connectivity index (χ1v) is 9.59. The normalized spacial score (nSPS) is 24.1. The molecular formula is C18H19N3O7S. The molecule has 0 bridgehead atoms. The molecule has 3 N–H and O–H groups in total. The molecule has 11 heteroatoms. The largest absolute Gasteiger partial charge is 0.497 e. The molecule has 0 aliphatic carbocycles. The van der Waals surface area contributed by atoms with Crippen molar-refractivity contribution in [3.8, 4) is 11.8 Å². The Morgan fingerprint density at radius 2 is 2.00 bits per heavy atom. The summed E-state index contributed by atoms with van der Waals surface area (Å²) < 4.78 is 17.8. The predicted octanol–water partition coefficient (Wildman–Crippen LogP) is 0.0521. The van der Waals surface area contributed by atoms with Gasteiger partial charge >= 0.3 is 10.9 Å². The molecule has 154 valence electrons. The van der Waals surface area contributed by atoms with E-state index in [4.69, 9.17) is 14.2 Å². The van der Waals surface area contributed by atoms with Gasteiger partial charge in [0.2, 0.25) is 0 Å². The number of hydrogen-bond acceptors (Lipinski definition) is 10. The molecule has 0 spiro atoms. The number of aliphatic hydroxyl groups is 3. The van der Waals surface area contributed by atoms with Crippen LogP contribution in [-0.2, 0) is 11.3 Å². The van der Waals surface area contributed by atoms with E-state index in [9.17, 15) is 20.1 Å². The molecular weight excluding hydrogens is 402 g/mol. The average molecular weight is 421 g/mol. The van der Waals surface area contributed by atoms with Crippen LogP contribution in [0.15, 0.2) is 35.3 Å². The molecule has 10 nitrogen and oxygen atoms in total. The maximum atomic E-state index is 12.4. The minimum absolute atomic E-state index is 0.0478. The quantitative estimate of drug-likeness (QED) is 0.504. The fraction of sp³-hybridized carbons (Fsp3) is 0.389. The number of aromatic nitrogens is 3. The van der Waals surface area contributed by atoms with Gasteiger partial charge in [0.15, 0.2) is 11.9 Å². The van der Waals surface area contributed by atoms with Crippen molar-refractivity contribution in [1.29, 1.82) is 0 Å². The number of nitrogens with zero attached hydrogens (tertiary/aromatic N) is 3. The molecule has 4 atom stereocenters. The van der Waals surface area contributed by atoms with Gasteiger partial charge in [-0.2, -0.15) is 4.98 Å². The first kappa shape index (κ1) is 19.7. The van der Waals surface area contributed by atoms with E-state index in [2.05, 4.69) is 9.97 Å². The fourth-order valence-corrected chi connectivity index (χ4v) is 3.89. The van der Waals surface area contributed by atoms with Gasteiger partial charge in [-0.3, -0.25) is 9.36 Å². The van der Waals surface area contributed by atoms with Crippen molar-refractivity contribution >= 4 is 21.7 Å². The summed E-state index contributed by atoms with van der Waals surface area (Å²) in [5, 5.41) is 29.5. The smallest absolute Gasteiger partial charge is 0.318 e. The van der Waals surface area contributed by atoms with E-state index in [1.54, 1.807) is 19.2 Å². The zero-order valence-corrected chi connectivity index (χ0v) is 16.2. The lowest BCUT2D eigenvalue weighted by atomic mass is 10.1. The van der Waals surface area contributed by atoms with Gasteiger partial charge in [-0.25, -0.2) is 4.98 Å². The molecule has 1 fully saturated rings. The highest BCUT2D eigenvalue weighted by molar-refractivity contribution is 7.16. The number of hydrogen-bond donors (Lipinski definition) is 3. The van der Waals surface area contributed by atoms with Crippen molar-refractivity contribution in [2.45, 2.75) is 31.1 Å². The summed E-state index contributed by atoms with van der Waals surface area (Å²) in [6.07, 6.45) is -3.42. The van der Waals surface area contributed by atoms with E-state index in [0.29, 0.717) is 4.70 Å². The third-order valence-electron chi connectivity index (χ3n) is 4.63. The monoisotopic (exact) mass is 421 g/mol. The van der Waals surface area contributed by atoms with Crippen LogP contribution in [0.4, 0.5) is 0 Å². The number of rotatable bonds is 6. The van der Waals surface area contributed by atoms with Crippen LogP contribution in [-0.4, -0.2) is 61.9 Å². The van der Waals surface area contributed by atoms with Gasteiger partial charge in [0.25, 0.3) is 0 Å². The second kappa shape index (κ2) is 8.05. The van der Waals surface area contributed by atoms with Crippen molar-refractivity contribution in [3.63, 3.8) is 0 Å². The Bertz CT molecular complexity index is 1050. The number of fused-ring (bicyclic) bond motifs is 1. The highest BCUT2D eigenvalue weighted by Gasteiger charge is 2.44. The summed E-state index contributed by atoms with van der Waals surface area (Å²) in [6, 6.07) is 7.35. The highest BCUT2D eigenvalue weighted by atomic mass is 32.1. The molecule has 1 aliphatic heterocycles. The molecule has 1 saturated heterocycles. The summed E-state index contributed by atoms with van der Waals surface area (Å²) >= 11 is 0.883. The van der Waals surface area contributed by atoms with Crippen LogP contribution in [0.1, 0.15) is 11.8 Å². The minimum atomic E-state index is -1.39. The molecule has 1 aliphatic rings. The van der Waals surface area contributed by atoms with E-state index in [-0.39, 0.29) is 18.3 Å². The third-order valence-corrected chi connectivity index (χ3v) is 5.51. The number of aliphatic hydroxyl groups excluding tert-OH is 3. The van der Waals surface area contributed by atoms with Crippen molar-refractivity contribution in [2.24, 2.45) is 0 Å². The second-order valence-corrected chi connectivity index (χ2v) is 7.44. The van der Waals surface area contributed by atoms with E-state index in [0.717, 1.165) is 27.2 Å². The summed E-state index contributed by atoms with van der Waals surface area (Å²) in [7, 11) is 1.59. The lowest BCUT2D eigenvalue weighted by Gasteiger charge is -2.16. The Hall–Kier alpha value is -2.57. The van der Waals surface area contributed by atoms with Gasteiger partial charge in [-0.15, -0.1) is 0 Å². The third kappa shape index (κ3) is 3.70. The molecule has 2 aromatic heterocycles. The van der Waals surface area contributed by atoms with Gasteiger partial charge in [0.1, 0.15) is 30.7 Å². The Labute approximate surface area is 168 Å². The fourth-order valence-electron chi connectivity index (χ4n) is 3.08. The van der Waals surface area contributed by atoms with Crippen LogP contribution >= 0.6 is 11.3 Å². The van der Waals surface area contributed by atoms with E-state index in [1.165, 1.54) is 6.20 Å². The first-order chi connectivity index (χ1) is 14.0. The SMILES string of the molecule is COc1ccc(COc2ncc3sc(=O)n([C@@H]4O[C@H](CO)[C@@H](O)[C@H]4O)c3n2)cc1. The van der Waals surface area contributed by atoms with Crippen molar-refractivity contribution in [1.82, 2.24) is 14.5 Å². The van der Waals surface area contributed by atoms with Crippen molar-refractivity contribution in [3.05, 3.63) is 45.7 Å². The van der Waals surface area contributed by atoms with Crippen LogP contribution in [0.3, 0.4) is 0 Å². The average Bonchev–Trinajstić information content (AvgIpc) is 3.21. The summed E-state index contributed by atoms with van der Waals surface area (Å²) in [6.45, 7) is -0.283. The Morgan fingerprint density at radius 1 is 1.24 bits per heavy atom. The van der Waals surface area contributed by atoms with Gasteiger partial charge in [0, 0.05) is 0 Å². The topological polar surface area (TPSA) is 136 Å². The Morgan fingerprint density at radius 3 is 2.66 bits per heavy atom. The molecule has 3 aromatic rings. The lowest BCUT2D eigenvalue weighted by Crippen LogP contribution is -2.34. The standard InChI is InChI=1S/C18H19N3O7S/c1-26-10-4-2-9(3-5-10)8-27-17-19-6-12-15(20-17)21(18(25)29-12)16-14(24)13(23)11(7-22)28-16/h2-6,11,13-14,16,22-24H,7-8H2,1H3/t11-,13-,14-,16-/m1/s1. The van der Waals surface area contributed by atoms with Crippen molar-refractivity contribution in [2.75, 3.05) is 13.7 Å². The molecule has 4 rings (SSSR count). The first-order valence-electron chi connectivity index (χ1n) is 8.78. The van der Waals surface area contributed by atoms with Crippen LogP contribution in [0.25, 0.3) is 10.3 Å². The molecule has 0 amide bonds. The maximum Gasteiger partial charge on any atom is 0.318 e. The number of benzene rings is 1. The van der Waals surface area contributed by atoms with Crippen LogP contribution in [0, 0.1) is 0 Å². The van der Waals surface area contributed by atoms with Crippen LogP contribution in [0.5, 0.6) is 11.8 Å². The Kier molecular flexibility index (Phi) is 5.48. The van der Waals surface area contributed by atoms with Crippen molar-refractivity contribution < 1.29 is 29.5 Å². The van der Waals surface area contributed by atoms with E-state index < -0.39 is 36.0 Å². The minimum Gasteiger partial charge on any atom is -0.497 e. The summed E-state index contributed by atoms with van der Waals surface area (Å²) in [5.41, 5.74) is 1.09. The van der Waals surface area contributed by atoms with Crippen LogP contribution < -0.4 is 14.3 Å². The van der Waals surface area contributed by atoms with Gasteiger partial charge < -0.3 is 29.5 Å². The number of ether oxygens (including phenoxy) is 3. The van der Waals surface area contributed by atoms with Gasteiger partial charge in [-0.1, -0.05) is 23.5 Å². The molecule has 0 unspecified atom stereocenters. The molecule has 3 heterocycles. The summed E-state index contributed by atoms with van der Waals surface area (Å²) in [4.78, 5) is 20.4. The molecule has 0 radical (unpaired) electrons. The molecule has 29 heavy (non-hydrogen) atoms. The number of thiazole rings is 1. The maximum absolute atomic E-state index is 12.4. The summed E-state index contributed by atoms with van der Waals surface area (Å²) in [5.74, 6) is 0.729. The molecule has 0 saturated carbocycles. The van der Waals surface area contributed by atoms with E-state index in [1.807, 2.05) is 12.1 Å². The zero-order valence-electron chi connectivity index (χ0n) is 15.3. The Balaban J connectivity index is 1.60. The van der Waals surface area contributed by atoms with Crippen LogP contribution in [0.2, 0.25) is 0 Å². The number of methoxy groups -OCH3 is 1. The highest BCUT2D eigenvalue weighted by Crippen LogP contribution is 2.31. The second-order valence-electron chi connectivity index (χ2n) is 6.44. The van der Waals surface area contributed by atoms with Gasteiger partial charge in [0.05, 0.1) is 24.6 Å². The van der Waals surface area contributed by atoms with Gasteiger partial charge in [-0.05, 0) is 17.7 Å². The lowest BCUT2D eigenvalue weighted by molar-refractivity contribution is -0.0518. The predicted molar refractivity (Wildman–Crippen MR) is 102 cm³/mol. The van der Waals surface area contributed by atoms with E-state index >= 15 is 0 Å².